The van der Waals surface area contributed by atoms with Crippen LogP contribution in [0.2, 0.25) is 0 Å². The summed E-state index contributed by atoms with van der Waals surface area (Å²) in [6.45, 7) is 0. The van der Waals surface area contributed by atoms with E-state index >= 15 is 0 Å². The highest BCUT2D eigenvalue weighted by atomic mass is 16.3. The van der Waals surface area contributed by atoms with Crippen molar-refractivity contribution in [1.82, 2.24) is 0 Å². The third-order valence-electron chi connectivity index (χ3n) is 13.5. The molecule has 66 heavy (non-hydrogen) atoms. The van der Waals surface area contributed by atoms with Crippen molar-refractivity contribution < 1.29 is 4.42 Å². The molecular weight excluding hydrogens is 799 g/mol. The molecule has 12 aromatic carbocycles. The number of rotatable bonds is 7. The zero-order valence-corrected chi connectivity index (χ0v) is 36.0. The maximum atomic E-state index is 6.96. The van der Waals surface area contributed by atoms with Crippen molar-refractivity contribution in [3.8, 4) is 44.5 Å². The molecule has 2 nitrogen and oxygen atoms in total. The van der Waals surface area contributed by atoms with Gasteiger partial charge in [0.05, 0.1) is 16.8 Å². The average Bonchev–Trinajstić information content (AvgIpc) is 3.79. The molecule has 1 aromatic heterocycles. The van der Waals surface area contributed by atoms with Crippen LogP contribution in [0.3, 0.4) is 0 Å². The zero-order valence-electron chi connectivity index (χ0n) is 36.0. The molecule has 0 saturated heterocycles. The van der Waals surface area contributed by atoms with Gasteiger partial charge < -0.3 is 9.32 Å². The Morgan fingerprint density at radius 3 is 1.55 bits per heavy atom. The minimum Gasteiger partial charge on any atom is -0.455 e. The van der Waals surface area contributed by atoms with E-state index < -0.39 is 0 Å². The van der Waals surface area contributed by atoms with Crippen LogP contribution in [0.15, 0.2) is 253 Å². The molecule has 0 saturated carbocycles. The summed E-state index contributed by atoms with van der Waals surface area (Å²) in [4.78, 5) is 2.43. The first-order valence-corrected chi connectivity index (χ1v) is 22.7. The highest BCUT2D eigenvalue weighted by Crippen LogP contribution is 2.49. The van der Waals surface area contributed by atoms with Crippen molar-refractivity contribution in [2.24, 2.45) is 0 Å². The lowest BCUT2D eigenvalue weighted by Gasteiger charge is -2.29. The van der Waals surface area contributed by atoms with E-state index in [0.717, 1.165) is 66.8 Å². The average molecular weight is 840 g/mol. The third kappa shape index (κ3) is 6.18. The highest BCUT2D eigenvalue weighted by Gasteiger charge is 2.25. The maximum Gasteiger partial charge on any atom is 0.145 e. The number of anilines is 3. The summed E-state index contributed by atoms with van der Waals surface area (Å²) in [6, 6.07) is 90.1. The summed E-state index contributed by atoms with van der Waals surface area (Å²) in [5, 5.41) is 12.2. The summed E-state index contributed by atoms with van der Waals surface area (Å²) in [7, 11) is 0. The Bertz CT molecular complexity index is 3940. The summed E-state index contributed by atoms with van der Waals surface area (Å²) < 4.78 is 6.96. The Morgan fingerprint density at radius 2 is 0.788 bits per heavy atom. The van der Waals surface area contributed by atoms with E-state index in [4.69, 9.17) is 4.42 Å². The van der Waals surface area contributed by atoms with Gasteiger partial charge in [-0.15, -0.1) is 0 Å². The molecule has 0 bridgehead atoms. The van der Waals surface area contributed by atoms with Gasteiger partial charge in [0.25, 0.3) is 0 Å². The number of hydrogen-bond donors (Lipinski definition) is 0. The minimum absolute atomic E-state index is 0.859. The van der Waals surface area contributed by atoms with Crippen molar-refractivity contribution in [2.45, 2.75) is 0 Å². The van der Waals surface area contributed by atoms with Crippen LogP contribution in [0.4, 0.5) is 17.1 Å². The Labute approximate surface area is 382 Å². The number of para-hydroxylation sites is 2. The largest absolute Gasteiger partial charge is 0.455 e. The second-order valence-corrected chi connectivity index (χ2v) is 17.2. The van der Waals surface area contributed by atoms with Crippen LogP contribution in [-0.4, -0.2) is 0 Å². The molecule has 0 aliphatic rings. The summed E-state index contributed by atoms with van der Waals surface area (Å²) in [5.74, 6) is 0. The van der Waals surface area contributed by atoms with Gasteiger partial charge in [-0.1, -0.05) is 206 Å². The number of fused-ring (bicyclic) bond motifs is 10. The molecule has 0 aliphatic carbocycles. The molecule has 308 valence electrons. The molecule has 0 aliphatic heterocycles. The molecule has 13 rings (SSSR count). The molecule has 1 heterocycles. The van der Waals surface area contributed by atoms with Gasteiger partial charge in [0.2, 0.25) is 0 Å². The lowest BCUT2D eigenvalue weighted by molar-refractivity contribution is 0.670. The number of furan rings is 1. The van der Waals surface area contributed by atoms with Gasteiger partial charge in [-0.05, 0) is 119 Å². The molecule has 0 amide bonds. The summed E-state index contributed by atoms with van der Waals surface area (Å²) in [5.41, 5.74) is 14.1. The summed E-state index contributed by atoms with van der Waals surface area (Å²) in [6.07, 6.45) is 0. The van der Waals surface area contributed by atoms with Crippen LogP contribution >= 0.6 is 0 Å². The highest BCUT2D eigenvalue weighted by molar-refractivity contribution is 6.26. The number of nitrogens with zero attached hydrogens (tertiary/aromatic N) is 1. The molecule has 13 aromatic rings. The molecule has 0 atom stereocenters. The lowest BCUT2D eigenvalue weighted by atomic mass is 9.92. The normalized spacial score (nSPS) is 11.6. The Hall–Kier alpha value is -8.72. The number of hydrogen-bond acceptors (Lipinski definition) is 2. The van der Waals surface area contributed by atoms with Gasteiger partial charge in [0.1, 0.15) is 11.2 Å². The fraction of sp³-hybridized carbons (Fsp3) is 0. The molecule has 2 heteroatoms. The van der Waals surface area contributed by atoms with Crippen LogP contribution in [-0.2, 0) is 0 Å². The minimum atomic E-state index is 0.859. The van der Waals surface area contributed by atoms with Crippen LogP contribution in [0.1, 0.15) is 0 Å². The van der Waals surface area contributed by atoms with Crippen LogP contribution in [0.5, 0.6) is 0 Å². The Balaban J connectivity index is 1.01. The monoisotopic (exact) mass is 839 g/mol. The SMILES string of the molecule is c1ccc(-c2ccc(-c3ccccc3N(c3ccc(-c4ccc5c6ccccc6c6ccccc6c5c4)cc3)c3ccc(-c4cccc5ccccc45)c4oc5ccccc5c34)cc2)cc1. The topological polar surface area (TPSA) is 16.4 Å². The molecule has 0 N–H and O–H groups in total. The quantitative estimate of drug-likeness (QED) is 0.149. The third-order valence-corrected chi connectivity index (χ3v) is 13.5. The number of benzene rings is 12. The van der Waals surface area contributed by atoms with E-state index in [1.165, 1.54) is 59.8 Å². The van der Waals surface area contributed by atoms with Crippen molar-refractivity contribution >= 4 is 82.1 Å². The van der Waals surface area contributed by atoms with Crippen molar-refractivity contribution in [1.29, 1.82) is 0 Å². The predicted molar refractivity (Wildman–Crippen MR) is 280 cm³/mol. The van der Waals surface area contributed by atoms with Gasteiger partial charge >= 0.3 is 0 Å². The van der Waals surface area contributed by atoms with E-state index in [0.29, 0.717) is 0 Å². The van der Waals surface area contributed by atoms with Gasteiger partial charge in [-0.2, -0.15) is 0 Å². The molecule has 0 fully saturated rings. The van der Waals surface area contributed by atoms with E-state index in [1.807, 2.05) is 0 Å². The van der Waals surface area contributed by atoms with Crippen molar-refractivity contribution in [3.63, 3.8) is 0 Å². The smallest absolute Gasteiger partial charge is 0.145 e. The van der Waals surface area contributed by atoms with E-state index in [1.54, 1.807) is 0 Å². The van der Waals surface area contributed by atoms with Crippen LogP contribution < -0.4 is 4.90 Å². The first-order chi connectivity index (χ1) is 32.7. The standard InChI is InChI=1S/C64H41NO/c1-2-15-42(16-3-1)43-29-31-46(32-30-43)50-20-10-12-27-60(50)65(61-40-39-57(51-26-14-18-45-17-4-5-19-49(45)51)64-63(61)58-25-11-13-28-62(58)66-64)48-36-33-44(34-37-48)47-35-38-56-54-23-7-6-21-52(54)53-22-8-9-24-55(53)59(56)41-47/h1-41H. The Kier molecular flexibility index (Phi) is 8.89. The Morgan fingerprint density at radius 1 is 0.273 bits per heavy atom. The van der Waals surface area contributed by atoms with Crippen molar-refractivity contribution in [3.05, 3.63) is 249 Å². The molecule has 0 radical (unpaired) electrons. The van der Waals surface area contributed by atoms with Crippen LogP contribution in [0, 0.1) is 0 Å². The predicted octanol–water partition coefficient (Wildman–Crippen LogP) is 18.3. The lowest BCUT2D eigenvalue weighted by Crippen LogP contribution is -2.11. The molecule has 0 spiro atoms. The van der Waals surface area contributed by atoms with E-state index in [9.17, 15) is 0 Å². The zero-order chi connectivity index (χ0) is 43.6. The fourth-order valence-corrected chi connectivity index (χ4v) is 10.4. The van der Waals surface area contributed by atoms with E-state index in [-0.39, 0.29) is 0 Å². The maximum absolute atomic E-state index is 6.96. The van der Waals surface area contributed by atoms with Gasteiger partial charge in [0.15, 0.2) is 0 Å². The van der Waals surface area contributed by atoms with Crippen LogP contribution in [0.25, 0.3) is 110 Å². The van der Waals surface area contributed by atoms with Gasteiger partial charge in [-0.3, -0.25) is 0 Å². The first kappa shape index (κ1) is 37.8. The molecule has 0 unspecified atom stereocenters. The van der Waals surface area contributed by atoms with E-state index in [2.05, 4.69) is 254 Å². The fourth-order valence-electron chi connectivity index (χ4n) is 10.4. The van der Waals surface area contributed by atoms with Crippen molar-refractivity contribution in [2.75, 3.05) is 4.90 Å². The van der Waals surface area contributed by atoms with Gasteiger partial charge in [0, 0.05) is 22.2 Å². The first-order valence-electron chi connectivity index (χ1n) is 22.7. The summed E-state index contributed by atoms with van der Waals surface area (Å²) >= 11 is 0. The van der Waals surface area contributed by atoms with Gasteiger partial charge in [-0.25, -0.2) is 0 Å². The second-order valence-electron chi connectivity index (χ2n) is 17.2. The molecular formula is C64H41NO. The second kappa shape index (κ2) is 15.5.